The van der Waals surface area contributed by atoms with Gasteiger partial charge < -0.3 is 19.8 Å². The van der Waals surface area contributed by atoms with Gasteiger partial charge >= 0.3 is 6.09 Å². The lowest BCUT2D eigenvalue weighted by Gasteiger charge is -2.26. The van der Waals surface area contributed by atoms with Crippen molar-refractivity contribution < 1.29 is 14.3 Å². The summed E-state index contributed by atoms with van der Waals surface area (Å²) >= 11 is 0. The Bertz CT molecular complexity index is 1000. The fourth-order valence-electron chi connectivity index (χ4n) is 3.82. The summed E-state index contributed by atoms with van der Waals surface area (Å²) in [5.41, 5.74) is 4.28. The molecule has 2 N–H and O–H groups in total. The standard InChI is InChI=1S/C24H28N2O3/c1-24(2,3)29-23(27)25-17-9-11-21-19(13-17)20-14-18(10-12-22(20)26-21)28-15-16-7-5-4-6-8-16/h4-8,10,12,14,17,26H,9,11,13,15H2,1-3H3,(H,25,27). The number of H-pyrrole nitrogens is 1. The van der Waals surface area contributed by atoms with Gasteiger partial charge in [0, 0.05) is 22.6 Å². The minimum atomic E-state index is -0.490. The molecule has 3 aromatic rings. The third-order valence-corrected chi connectivity index (χ3v) is 5.13. The molecular formula is C24H28N2O3. The number of rotatable bonds is 4. The summed E-state index contributed by atoms with van der Waals surface area (Å²) < 4.78 is 11.4. The molecule has 29 heavy (non-hydrogen) atoms. The Morgan fingerprint density at radius 2 is 1.97 bits per heavy atom. The number of aryl methyl sites for hydroxylation is 1. The van der Waals surface area contributed by atoms with Gasteiger partial charge in [0.05, 0.1) is 0 Å². The zero-order valence-electron chi connectivity index (χ0n) is 17.2. The van der Waals surface area contributed by atoms with Gasteiger partial charge in [-0.3, -0.25) is 0 Å². The molecule has 152 valence electrons. The Balaban J connectivity index is 1.48. The van der Waals surface area contributed by atoms with E-state index in [4.69, 9.17) is 9.47 Å². The van der Waals surface area contributed by atoms with Crippen LogP contribution in [0.3, 0.4) is 0 Å². The second-order valence-corrected chi connectivity index (χ2v) is 8.65. The van der Waals surface area contributed by atoms with Crippen LogP contribution < -0.4 is 10.1 Å². The van der Waals surface area contributed by atoms with E-state index in [-0.39, 0.29) is 12.1 Å². The number of nitrogens with one attached hydrogen (secondary N) is 2. The molecule has 5 heteroatoms. The fourth-order valence-corrected chi connectivity index (χ4v) is 3.82. The van der Waals surface area contributed by atoms with Crippen LogP contribution in [0.2, 0.25) is 0 Å². The number of fused-ring (bicyclic) bond motifs is 3. The predicted octanol–water partition coefficient (Wildman–Crippen LogP) is 5.13. The summed E-state index contributed by atoms with van der Waals surface area (Å²) in [6.45, 7) is 6.17. The molecule has 0 saturated heterocycles. The summed E-state index contributed by atoms with van der Waals surface area (Å²) in [6.07, 6.45) is 2.25. The topological polar surface area (TPSA) is 63.3 Å². The first kappa shape index (κ1) is 19.4. The average molecular weight is 392 g/mol. The van der Waals surface area contributed by atoms with Crippen LogP contribution in [0.1, 0.15) is 44.0 Å². The quantitative estimate of drug-likeness (QED) is 0.647. The lowest BCUT2D eigenvalue weighted by Crippen LogP contribution is -2.41. The Labute approximate surface area is 171 Å². The number of aromatic amines is 1. The van der Waals surface area contributed by atoms with Crippen molar-refractivity contribution in [2.24, 2.45) is 0 Å². The summed E-state index contributed by atoms with van der Waals surface area (Å²) in [4.78, 5) is 15.7. The number of carbonyl (C=O) groups excluding carboxylic acids is 1. The molecule has 1 aliphatic carbocycles. The lowest BCUT2D eigenvalue weighted by atomic mass is 9.91. The fraction of sp³-hybridized carbons (Fsp3) is 0.375. The number of ether oxygens (including phenoxy) is 2. The Morgan fingerprint density at radius 1 is 1.17 bits per heavy atom. The molecule has 1 unspecified atom stereocenters. The molecule has 2 aromatic carbocycles. The maximum Gasteiger partial charge on any atom is 0.407 e. The molecule has 0 spiro atoms. The van der Waals surface area contributed by atoms with Gasteiger partial charge in [-0.2, -0.15) is 0 Å². The number of hydrogen-bond acceptors (Lipinski definition) is 3. The van der Waals surface area contributed by atoms with E-state index in [1.807, 2.05) is 45.0 Å². The molecule has 0 saturated carbocycles. The molecule has 0 aliphatic heterocycles. The molecule has 1 aliphatic rings. The zero-order chi connectivity index (χ0) is 20.4. The Morgan fingerprint density at radius 3 is 2.72 bits per heavy atom. The third kappa shape index (κ3) is 4.73. The highest BCUT2D eigenvalue weighted by atomic mass is 16.6. The maximum absolute atomic E-state index is 12.2. The number of benzene rings is 2. The van der Waals surface area contributed by atoms with Gasteiger partial charge in [-0.15, -0.1) is 0 Å². The first-order valence-electron chi connectivity index (χ1n) is 10.2. The van der Waals surface area contributed by atoms with E-state index in [2.05, 4.69) is 34.6 Å². The van der Waals surface area contributed by atoms with Crippen molar-refractivity contribution in [2.45, 2.75) is 58.3 Å². The molecule has 1 heterocycles. The average Bonchev–Trinajstić information content (AvgIpc) is 3.03. The molecule has 1 aromatic heterocycles. The van der Waals surface area contributed by atoms with Crippen molar-refractivity contribution in [3.8, 4) is 5.75 Å². The minimum absolute atomic E-state index is 0.0743. The maximum atomic E-state index is 12.2. The van der Waals surface area contributed by atoms with Crippen LogP contribution in [0, 0.1) is 0 Å². The number of hydrogen-bond donors (Lipinski definition) is 2. The number of amides is 1. The van der Waals surface area contributed by atoms with Gasteiger partial charge in [0.15, 0.2) is 0 Å². The van der Waals surface area contributed by atoms with Crippen LogP contribution in [0.15, 0.2) is 48.5 Å². The largest absolute Gasteiger partial charge is 0.489 e. The summed E-state index contributed by atoms with van der Waals surface area (Å²) in [5.74, 6) is 0.852. The molecular weight excluding hydrogens is 364 g/mol. The van der Waals surface area contributed by atoms with E-state index in [0.717, 1.165) is 36.1 Å². The van der Waals surface area contributed by atoms with E-state index in [0.29, 0.717) is 6.61 Å². The van der Waals surface area contributed by atoms with Gasteiger partial charge in [-0.25, -0.2) is 4.79 Å². The van der Waals surface area contributed by atoms with Gasteiger partial charge in [0.1, 0.15) is 18.0 Å². The van der Waals surface area contributed by atoms with E-state index in [1.54, 1.807) is 0 Å². The molecule has 5 nitrogen and oxygen atoms in total. The van der Waals surface area contributed by atoms with E-state index in [1.165, 1.54) is 16.6 Å². The normalized spacial score (nSPS) is 16.3. The van der Waals surface area contributed by atoms with Crippen LogP contribution in [0.4, 0.5) is 4.79 Å². The van der Waals surface area contributed by atoms with Crippen LogP contribution >= 0.6 is 0 Å². The predicted molar refractivity (Wildman–Crippen MR) is 114 cm³/mol. The first-order valence-corrected chi connectivity index (χ1v) is 10.2. The second kappa shape index (κ2) is 7.82. The molecule has 0 bridgehead atoms. The van der Waals surface area contributed by atoms with Crippen molar-refractivity contribution in [3.63, 3.8) is 0 Å². The van der Waals surface area contributed by atoms with Gasteiger partial charge in [0.2, 0.25) is 0 Å². The Kier molecular flexibility index (Phi) is 5.22. The Hall–Kier alpha value is -2.95. The van der Waals surface area contributed by atoms with Crippen LogP contribution in [0.25, 0.3) is 10.9 Å². The third-order valence-electron chi connectivity index (χ3n) is 5.13. The van der Waals surface area contributed by atoms with E-state index < -0.39 is 5.60 Å². The SMILES string of the molecule is CC(C)(C)OC(=O)NC1CCc2[nH]c3ccc(OCc4ccccc4)cc3c2C1. The lowest BCUT2D eigenvalue weighted by molar-refractivity contribution is 0.0500. The van der Waals surface area contributed by atoms with Crippen molar-refractivity contribution in [2.75, 3.05) is 0 Å². The molecule has 4 rings (SSSR count). The van der Waals surface area contributed by atoms with Gasteiger partial charge in [0.25, 0.3) is 0 Å². The first-order chi connectivity index (χ1) is 13.9. The van der Waals surface area contributed by atoms with Gasteiger partial charge in [-0.05, 0) is 69.4 Å². The van der Waals surface area contributed by atoms with Gasteiger partial charge in [-0.1, -0.05) is 30.3 Å². The summed E-state index contributed by atoms with van der Waals surface area (Å²) in [7, 11) is 0. The number of aromatic nitrogens is 1. The zero-order valence-corrected chi connectivity index (χ0v) is 17.2. The number of carbonyl (C=O) groups is 1. The molecule has 0 radical (unpaired) electrons. The highest BCUT2D eigenvalue weighted by Gasteiger charge is 2.26. The van der Waals surface area contributed by atoms with Crippen molar-refractivity contribution in [1.29, 1.82) is 0 Å². The molecule has 1 atom stereocenters. The second-order valence-electron chi connectivity index (χ2n) is 8.65. The minimum Gasteiger partial charge on any atom is -0.489 e. The summed E-state index contributed by atoms with van der Waals surface area (Å²) in [6, 6.07) is 16.4. The number of alkyl carbamates (subject to hydrolysis) is 1. The van der Waals surface area contributed by atoms with Crippen molar-refractivity contribution in [1.82, 2.24) is 10.3 Å². The van der Waals surface area contributed by atoms with Crippen LogP contribution in [0.5, 0.6) is 5.75 Å². The monoisotopic (exact) mass is 392 g/mol. The van der Waals surface area contributed by atoms with Crippen LogP contribution in [-0.4, -0.2) is 22.7 Å². The molecule has 1 amide bonds. The summed E-state index contributed by atoms with van der Waals surface area (Å²) in [5, 5.41) is 4.19. The van der Waals surface area contributed by atoms with E-state index >= 15 is 0 Å². The van der Waals surface area contributed by atoms with Crippen LogP contribution in [-0.2, 0) is 24.2 Å². The highest BCUT2D eigenvalue weighted by Crippen LogP contribution is 2.32. The van der Waals surface area contributed by atoms with E-state index in [9.17, 15) is 4.79 Å². The van der Waals surface area contributed by atoms with Crippen molar-refractivity contribution >= 4 is 17.0 Å². The smallest absolute Gasteiger partial charge is 0.407 e. The van der Waals surface area contributed by atoms with Crippen molar-refractivity contribution in [3.05, 3.63) is 65.4 Å². The highest BCUT2D eigenvalue weighted by molar-refractivity contribution is 5.86. The molecule has 0 fully saturated rings.